The van der Waals surface area contributed by atoms with Crippen LogP contribution in [0.15, 0.2) is 176 Å². The van der Waals surface area contributed by atoms with Crippen molar-refractivity contribution in [3.8, 4) is 17.1 Å². The normalized spacial score (nSPS) is 12.2. The summed E-state index contributed by atoms with van der Waals surface area (Å²) in [6, 6.07) is 64.7. The van der Waals surface area contributed by atoms with E-state index in [1.165, 1.54) is 92.9 Å². The molecule has 53 heavy (non-hydrogen) atoms. The third-order valence-corrected chi connectivity index (χ3v) is 11.6. The number of hydrogen-bond donors (Lipinski definition) is 0. The molecule has 0 saturated carbocycles. The molecule has 0 saturated heterocycles. The number of benzene rings is 8. The quantitative estimate of drug-likeness (QED) is 0.177. The number of aryl methyl sites for hydroxylation is 1. The Balaban J connectivity index is 1.11. The van der Waals surface area contributed by atoms with Gasteiger partial charge in [0.15, 0.2) is 0 Å². The minimum absolute atomic E-state index is 1.15. The van der Waals surface area contributed by atoms with Gasteiger partial charge in [0.05, 0.1) is 33.1 Å². The highest BCUT2D eigenvalue weighted by molar-refractivity contribution is 6.14. The van der Waals surface area contributed by atoms with Gasteiger partial charge in [-0.3, -0.25) is 0 Å². The van der Waals surface area contributed by atoms with Crippen molar-refractivity contribution in [2.75, 3.05) is 0 Å². The Bertz CT molecular complexity index is 3420. The summed E-state index contributed by atoms with van der Waals surface area (Å²) in [5.41, 5.74) is 13.2. The van der Waals surface area contributed by atoms with Gasteiger partial charge in [-0.15, -0.1) is 0 Å². The molecule has 0 N–H and O–H groups in total. The van der Waals surface area contributed by atoms with Crippen LogP contribution in [-0.4, -0.2) is 18.3 Å². The van der Waals surface area contributed by atoms with E-state index in [-0.39, 0.29) is 0 Å². The van der Waals surface area contributed by atoms with E-state index in [1.54, 1.807) is 0 Å². The summed E-state index contributed by atoms with van der Waals surface area (Å²) in [6.07, 6.45) is 0. The van der Waals surface area contributed by atoms with Crippen LogP contribution in [0.2, 0.25) is 0 Å². The Labute approximate surface area is 304 Å². The summed E-state index contributed by atoms with van der Waals surface area (Å²) in [5.74, 6) is 0. The first-order valence-electron chi connectivity index (χ1n) is 18.3. The van der Waals surface area contributed by atoms with E-state index in [2.05, 4.69) is 201 Å². The van der Waals surface area contributed by atoms with Crippen LogP contribution in [0.1, 0.15) is 0 Å². The molecule has 248 valence electrons. The van der Waals surface area contributed by atoms with Crippen molar-refractivity contribution < 1.29 is 0 Å². The van der Waals surface area contributed by atoms with Crippen LogP contribution >= 0.6 is 0 Å². The Morgan fingerprint density at radius 2 is 0.547 bits per heavy atom. The van der Waals surface area contributed by atoms with Crippen LogP contribution < -0.4 is 0 Å². The van der Waals surface area contributed by atoms with Gasteiger partial charge in [-0.1, -0.05) is 97.1 Å². The molecule has 0 amide bonds. The molecule has 0 aliphatic rings. The van der Waals surface area contributed by atoms with Gasteiger partial charge in [-0.25, -0.2) is 0 Å². The number of para-hydroxylation sites is 5. The molecule has 4 heterocycles. The number of hydrogen-bond acceptors (Lipinski definition) is 0. The Hall–Kier alpha value is -7.04. The van der Waals surface area contributed by atoms with Gasteiger partial charge in [0.2, 0.25) is 0 Å². The van der Waals surface area contributed by atoms with E-state index in [9.17, 15) is 0 Å². The van der Waals surface area contributed by atoms with Crippen molar-refractivity contribution >= 4 is 87.2 Å². The number of nitrogens with zero attached hydrogens (tertiary/aromatic N) is 4. The zero-order valence-corrected chi connectivity index (χ0v) is 29.0. The first kappa shape index (κ1) is 28.6. The summed E-state index contributed by atoms with van der Waals surface area (Å²) in [6.45, 7) is 0. The number of aromatic nitrogens is 4. The van der Waals surface area contributed by atoms with Crippen LogP contribution in [0.3, 0.4) is 0 Å². The maximum Gasteiger partial charge on any atom is 0.0561 e. The molecular weight excluding hydrogens is 645 g/mol. The molecule has 0 fully saturated rings. The molecule has 0 aliphatic carbocycles. The molecule has 0 bridgehead atoms. The predicted molar refractivity (Wildman–Crippen MR) is 223 cm³/mol. The van der Waals surface area contributed by atoms with Crippen LogP contribution in [0.4, 0.5) is 0 Å². The summed E-state index contributed by atoms with van der Waals surface area (Å²) in [5, 5.41) is 10.1. The molecule has 12 aromatic rings. The summed E-state index contributed by atoms with van der Waals surface area (Å²) in [4.78, 5) is 0. The summed E-state index contributed by atoms with van der Waals surface area (Å²) < 4.78 is 9.60. The standard InChI is InChI=1S/C49H32N4/c1-50-42-17-7-2-15-37(42)40-28-31(23-26-43(40)50)51-47-21-11-6-16-38(47)41-29-32(24-27-48(41)51)53-46-20-10-5-14-36(46)39-25-22-33(30-49(39)53)52-44-18-8-3-12-34(44)35-13-4-9-19-45(35)52/h2-30H,1H3. The van der Waals surface area contributed by atoms with Gasteiger partial charge in [0.1, 0.15) is 0 Å². The van der Waals surface area contributed by atoms with Gasteiger partial charge in [0, 0.05) is 78.2 Å². The largest absolute Gasteiger partial charge is 0.344 e. The minimum Gasteiger partial charge on any atom is -0.344 e. The third kappa shape index (κ3) is 3.84. The summed E-state index contributed by atoms with van der Waals surface area (Å²) >= 11 is 0. The SMILES string of the molecule is Cn1c2ccccc2c2cc(-n3c4ccccc4c4cc(-n5c6ccccc6c6ccc(-n7c8ccccc8c8ccccc87)cc65)ccc43)ccc21. The molecular formula is C49H32N4. The first-order valence-corrected chi connectivity index (χ1v) is 18.3. The number of fused-ring (bicyclic) bond motifs is 12. The highest BCUT2D eigenvalue weighted by Gasteiger charge is 2.19. The van der Waals surface area contributed by atoms with Gasteiger partial charge in [-0.05, 0) is 78.9 Å². The molecule has 4 aromatic heterocycles. The molecule has 4 nitrogen and oxygen atoms in total. The Kier molecular flexibility index (Phi) is 5.67. The van der Waals surface area contributed by atoms with Crippen molar-refractivity contribution in [1.29, 1.82) is 0 Å². The van der Waals surface area contributed by atoms with Gasteiger partial charge in [0.25, 0.3) is 0 Å². The van der Waals surface area contributed by atoms with Crippen molar-refractivity contribution in [3.05, 3.63) is 176 Å². The van der Waals surface area contributed by atoms with Crippen LogP contribution in [0.5, 0.6) is 0 Å². The molecule has 0 spiro atoms. The van der Waals surface area contributed by atoms with E-state index in [0.717, 1.165) is 11.4 Å². The second-order valence-electron chi connectivity index (χ2n) is 14.3. The van der Waals surface area contributed by atoms with E-state index in [4.69, 9.17) is 0 Å². The molecule has 8 aromatic carbocycles. The fourth-order valence-electron chi connectivity index (χ4n) is 9.25. The lowest BCUT2D eigenvalue weighted by Crippen LogP contribution is -1.97. The molecule has 0 atom stereocenters. The fraction of sp³-hybridized carbons (Fsp3) is 0.0204. The summed E-state index contributed by atoms with van der Waals surface area (Å²) in [7, 11) is 2.16. The maximum atomic E-state index is 2.45. The lowest BCUT2D eigenvalue weighted by atomic mass is 10.1. The lowest BCUT2D eigenvalue weighted by molar-refractivity contribution is 1.01. The average molecular weight is 677 g/mol. The minimum atomic E-state index is 1.15. The first-order chi connectivity index (χ1) is 26.2. The van der Waals surface area contributed by atoms with Crippen molar-refractivity contribution in [2.24, 2.45) is 7.05 Å². The van der Waals surface area contributed by atoms with E-state index in [1.807, 2.05) is 0 Å². The zero-order chi connectivity index (χ0) is 34.8. The molecule has 0 aliphatic heterocycles. The van der Waals surface area contributed by atoms with E-state index in [0.29, 0.717) is 0 Å². The predicted octanol–water partition coefficient (Wildman–Crippen LogP) is 12.6. The van der Waals surface area contributed by atoms with E-state index >= 15 is 0 Å². The van der Waals surface area contributed by atoms with Crippen molar-refractivity contribution in [3.63, 3.8) is 0 Å². The topological polar surface area (TPSA) is 19.7 Å². The van der Waals surface area contributed by atoms with E-state index < -0.39 is 0 Å². The molecule has 0 unspecified atom stereocenters. The second kappa shape index (κ2) is 10.5. The molecule has 12 rings (SSSR count). The van der Waals surface area contributed by atoms with Gasteiger partial charge < -0.3 is 18.3 Å². The average Bonchev–Trinajstić information content (AvgIpc) is 3.92. The Morgan fingerprint density at radius 1 is 0.245 bits per heavy atom. The van der Waals surface area contributed by atoms with Crippen LogP contribution in [0, 0.1) is 0 Å². The fourth-order valence-corrected chi connectivity index (χ4v) is 9.25. The van der Waals surface area contributed by atoms with Crippen molar-refractivity contribution in [2.45, 2.75) is 0 Å². The van der Waals surface area contributed by atoms with Gasteiger partial charge >= 0.3 is 0 Å². The van der Waals surface area contributed by atoms with Crippen LogP contribution in [0.25, 0.3) is 104 Å². The van der Waals surface area contributed by atoms with Crippen LogP contribution in [-0.2, 0) is 7.05 Å². The molecule has 4 heteroatoms. The zero-order valence-electron chi connectivity index (χ0n) is 29.0. The van der Waals surface area contributed by atoms with Gasteiger partial charge in [-0.2, -0.15) is 0 Å². The smallest absolute Gasteiger partial charge is 0.0561 e. The van der Waals surface area contributed by atoms with Crippen molar-refractivity contribution in [1.82, 2.24) is 18.3 Å². The monoisotopic (exact) mass is 676 g/mol. The maximum absolute atomic E-state index is 2.45. The highest BCUT2D eigenvalue weighted by Crippen LogP contribution is 2.40. The second-order valence-corrected chi connectivity index (χ2v) is 14.3. The highest BCUT2D eigenvalue weighted by atomic mass is 15.0. The third-order valence-electron chi connectivity index (χ3n) is 11.6. The Morgan fingerprint density at radius 3 is 1.08 bits per heavy atom. The number of rotatable bonds is 3. The molecule has 0 radical (unpaired) electrons. The lowest BCUT2D eigenvalue weighted by Gasteiger charge is -2.12.